The fourth-order valence-electron chi connectivity index (χ4n) is 9.08. The van der Waals surface area contributed by atoms with Gasteiger partial charge in [0.25, 0.3) is 0 Å². The Hall–Kier alpha value is -3.28. The van der Waals surface area contributed by atoms with Crippen molar-refractivity contribution in [3.8, 4) is 0 Å². The van der Waals surface area contributed by atoms with Gasteiger partial charge in [-0.2, -0.15) is 0 Å². The van der Waals surface area contributed by atoms with Crippen LogP contribution in [0.15, 0.2) is 48.6 Å². The zero-order valence-electron chi connectivity index (χ0n) is 49.9. The van der Waals surface area contributed by atoms with Gasteiger partial charge >= 0.3 is 0 Å². The lowest BCUT2D eigenvalue weighted by Gasteiger charge is -2.34. The van der Waals surface area contributed by atoms with Crippen molar-refractivity contribution < 1.29 is 28.7 Å². The topological polar surface area (TPSA) is 121 Å². The van der Waals surface area contributed by atoms with Crippen LogP contribution in [0.4, 0.5) is 0 Å². The van der Waals surface area contributed by atoms with Gasteiger partial charge in [-0.15, -0.1) is 0 Å². The molecule has 0 rings (SSSR count). The molecule has 4 amide bonds. The zero-order valence-corrected chi connectivity index (χ0v) is 49.9. The molecule has 0 aromatic heterocycles. The largest absolute Gasteiger partial charge is 0.379 e. The Labute approximate surface area is 456 Å². The van der Waals surface area contributed by atoms with Gasteiger partial charge in [0.1, 0.15) is 12.1 Å². The van der Waals surface area contributed by atoms with E-state index in [-0.39, 0.29) is 47.7 Å². The zero-order chi connectivity index (χ0) is 55.0. The van der Waals surface area contributed by atoms with Crippen LogP contribution in [-0.4, -0.2) is 122 Å². The van der Waals surface area contributed by atoms with Crippen molar-refractivity contribution in [2.45, 2.75) is 260 Å². The van der Waals surface area contributed by atoms with Gasteiger partial charge in [0.2, 0.25) is 23.6 Å². The van der Waals surface area contributed by atoms with Crippen LogP contribution < -0.4 is 10.6 Å². The minimum absolute atomic E-state index is 0.0346. The summed E-state index contributed by atoms with van der Waals surface area (Å²) < 4.78 is 11.6. The highest BCUT2D eigenvalue weighted by molar-refractivity contribution is 5.88. The second kappa shape index (κ2) is 49.3. The number of ether oxygens (including phenoxy) is 2. The smallest absolute Gasteiger partial charge is 0.243 e. The molecule has 2 atom stereocenters. The summed E-state index contributed by atoms with van der Waals surface area (Å²) in [7, 11) is 1.98. The number of carbonyl (C=O) groups excluding carboxylic acids is 4. The van der Waals surface area contributed by atoms with E-state index in [1.54, 1.807) is 9.80 Å². The molecule has 0 aromatic carbocycles. The summed E-state index contributed by atoms with van der Waals surface area (Å²) in [5.74, 6) is -0.331. The maximum Gasteiger partial charge on any atom is 0.243 e. The highest BCUT2D eigenvalue weighted by Crippen LogP contribution is 2.19. The van der Waals surface area contributed by atoms with Crippen LogP contribution in [-0.2, 0) is 28.7 Å². The van der Waals surface area contributed by atoms with Gasteiger partial charge in [0, 0.05) is 65.3 Å². The maximum absolute atomic E-state index is 13.9. The SMILES string of the molecule is CCCCC/C=C\C/C=C\CCCCCCCC(=O)N(CCCOC(C)C)C(C(=O)NCCN(C)CCNC(=O)C(C(C)C)N(CCCOC(C)C)C(=O)CCCCCCC/C=C\C/C=C\CCCCC)C(C)C. The van der Waals surface area contributed by atoms with Crippen molar-refractivity contribution in [3.05, 3.63) is 48.6 Å². The van der Waals surface area contributed by atoms with Gasteiger partial charge in [0.05, 0.1) is 12.2 Å². The van der Waals surface area contributed by atoms with Crippen molar-refractivity contribution in [1.29, 1.82) is 0 Å². The molecule has 0 aliphatic heterocycles. The van der Waals surface area contributed by atoms with E-state index in [1.807, 2.05) is 62.4 Å². The summed E-state index contributed by atoms with van der Waals surface area (Å²) >= 11 is 0. The molecule has 0 saturated heterocycles. The first-order valence-electron chi connectivity index (χ1n) is 30.3. The Morgan fingerprint density at radius 1 is 0.419 bits per heavy atom. The van der Waals surface area contributed by atoms with E-state index in [0.717, 1.165) is 77.0 Å². The summed E-state index contributed by atoms with van der Waals surface area (Å²) in [6.07, 6.45) is 45.5. The molecule has 0 fully saturated rings. The van der Waals surface area contributed by atoms with Gasteiger partial charge in [-0.3, -0.25) is 19.2 Å². The fourth-order valence-corrected chi connectivity index (χ4v) is 9.08. The molecule has 430 valence electrons. The third kappa shape index (κ3) is 40.0. The van der Waals surface area contributed by atoms with Crippen LogP contribution in [0.2, 0.25) is 0 Å². The molecule has 0 heterocycles. The average Bonchev–Trinajstić information content (AvgIpc) is 3.35. The minimum atomic E-state index is -0.574. The van der Waals surface area contributed by atoms with Gasteiger partial charge in [0.15, 0.2) is 0 Å². The molecule has 2 N–H and O–H groups in total. The van der Waals surface area contributed by atoms with Crippen molar-refractivity contribution in [2.75, 3.05) is 59.5 Å². The van der Waals surface area contributed by atoms with Crippen molar-refractivity contribution in [2.24, 2.45) is 11.8 Å². The predicted molar refractivity (Wildman–Crippen MR) is 314 cm³/mol. The van der Waals surface area contributed by atoms with E-state index in [2.05, 4.69) is 78.0 Å². The van der Waals surface area contributed by atoms with Crippen LogP contribution in [0.1, 0.15) is 236 Å². The standard InChI is InChI=1S/C63H117N5O6/c1-12-14-16-18-20-22-24-26-28-30-32-34-36-38-40-44-58(69)67(48-42-52-73-56(7)8)60(54(3)4)62(71)64-46-50-66(11)51-47-65-63(72)61(55(5)6)68(49-43-53-74-57(9)10)59(70)45-41-39-37-35-33-31-29-27-25-23-21-19-17-15-13-2/h20-23,26-29,54-57,60-61H,12-19,24-25,30-53H2,1-11H3,(H,64,71)(H,65,72)/b22-20-,23-21-,28-26-,29-27-. The van der Waals surface area contributed by atoms with Crippen molar-refractivity contribution in [3.63, 3.8) is 0 Å². The van der Waals surface area contributed by atoms with E-state index in [1.165, 1.54) is 64.2 Å². The molecule has 2 unspecified atom stereocenters. The molecule has 0 radical (unpaired) electrons. The number of hydrogen-bond acceptors (Lipinski definition) is 7. The number of allylic oxidation sites excluding steroid dienone is 8. The maximum atomic E-state index is 13.9. The van der Waals surface area contributed by atoms with Gasteiger partial charge in [-0.05, 0) is 136 Å². The van der Waals surface area contributed by atoms with E-state index in [0.29, 0.717) is 78.2 Å². The summed E-state index contributed by atoms with van der Waals surface area (Å²) in [6.45, 7) is 24.6. The molecule has 0 spiro atoms. The number of likely N-dealkylation sites (N-methyl/N-ethyl adjacent to an activating group) is 1. The number of unbranched alkanes of at least 4 members (excludes halogenated alkanes) is 16. The normalized spacial score (nSPS) is 13.1. The third-order valence-corrected chi connectivity index (χ3v) is 13.4. The van der Waals surface area contributed by atoms with E-state index in [9.17, 15) is 19.2 Å². The van der Waals surface area contributed by atoms with Gasteiger partial charge < -0.3 is 34.8 Å². The number of rotatable bonds is 50. The Morgan fingerprint density at radius 3 is 1.07 bits per heavy atom. The first-order chi connectivity index (χ1) is 35.7. The Morgan fingerprint density at radius 2 is 0.743 bits per heavy atom. The highest BCUT2D eigenvalue weighted by atomic mass is 16.5. The minimum Gasteiger partial charge on any atom is -0.379 e. The molecule has 0 aliphatic rings. The highest BCUT2D eigenvalue weighted by Gasteiger charge is 2.33. The monoisotopic (exact) mass is 1040 g/mol. The van der Waals surface area contributed by atoms with Gasteiger partial charge in [-0.1, -0.05) is 154 Å². The molecule has 0 aromatic rings. The second-order valence-corrected chi connectivity index (χ2v) is 21.9. The third-order valence-electron chi connectivity index (χ3n) is 13.4. The number of carbonyl (C=O) groups is 4. The van der Waals surface area contributed by atoms with Crippen molar-refractivity contribution in [1.82, 2.24) is 25.3 Å². The molecule has 11 nitrogen and oxygen atoms in total. The number of nitrogens with zero attached hydrogens (tertiary/aromatic N) is 3. The van der Waals surface area contributed by atoms with E-state index in [4.69, 9.17) is 9.47 Å². The van der Waals surface area contributed by atoms with Crippen LogP contribution in [0.5, 0.6) is 0 Å². The number of amides is 4. The summed E-state index contributed by atoms with van der Waals surface area (Å²) in [6, 6.07) is -1.15. The second-order valence-electron chi connectivity index (χ2n) is 21.9. The Bertz CT molecular complexity index is 1380. The molecule has 0 aliphatic carbocycles. The first-order valence-corrected chi connectivity index (χ1v) is 30.3. The molecular formula is C63H117N5O6. The molecule has 0 saturated carbocycles. The lowest BCUT2D eigenvalue weighted by Crippen LogP contribution is -2.54. The number of hydrogen-bond donors (Lipinski definition) is 2. The molecule has 74 heavy (non-hydrogen) atoms. The average molecular weight is 1040 g/mol. The van der Waals surface area contributed by atoms with Crippen LogP contribution in [0, 0.1) is 11.8 Å². The molecule has 11 heteroatoms. The Kier molecular flexibility index (Phi) is 47.1. The summed E-state index contributed by atoms with van der Waals surface area (Å²) in [5.41, 5.74) is 0. The van der Waals surface area contributed by atoms with E-state index >= 15 is 0 Å². The fraction of sp³-hybridized carbons (Fsp3) is 0.810. The summed E-state index contributed by atoms with van der Waals surface area (Å²) in [5, 5.41) is 6.28. The van der Waals surface area contributed by atoms with Gasteiger partial charge in [-0.25, -0.2) is 0 Å². The van der Waals surface area contributed by atoms with E-state index < -0.39 is 12.1 Å². The van der Waals surface area contributed by atoms with Crippen LogP contribution in [0.3, 0.4) is 0 Å². The molecular weight excluding hydrogens is 923 g/mol. The number of nitrogens with one attached hydrogen (secondary N) is 2. The lowest BCUT2D eigenvalue weighted by molar-refractivity contribution is -0.142. The molecule has 0 bridgehead atoms. The van der Waals surface area contributed by atoms with Crippen LogP contribution in [0.25, 0.3) is 0 Å². The van der Waals surface area contributed by atoms with Crippen molar-refractivity contribution >= 4 is 23.6 Å². The Balaban J connectivity index is 5.18. The predicted octanol–water partition coefficient (Wildman–Crippen LogP) is 14.1. The quantitative estimate of drug-likeness (QED) is 0.0460. The first kappa shape index (κ1) is 70.7. The lowest BCUT2D eigenvalue weighted by atomic mass is 10.00. The summed E-state index contributed by atoms with van der Waals surface area (Å²) in [4.78, 5) is 61.2. The van der Waals surface area contributed by atoms with Crippen LogP contribution >= 0.6 is 0 Å².